The van der Waals surface area contributed by atoms with Crippen LogP contribution in [0.15, 0.2) is 54.6 Å². The van der Waals surface area contributed by atoms with E-state index in [1.807, 2.05) is 74.9 Å². The number of hydrogen-bond donors (Lipinski definition) is 3. The molecule has 4 aromatic rings. The highest BCUT2D eigenvalue weighted by Gasteiger charge is 2.19. The van der Waals surface area contributed by atoms with E-state index >= 15 is 0 Å². The molecule has 2 heterocycles. The van der Waals surface area contributed by atoms with Crippen molar-refractivity contribution in [3.8, 4) is 22.9 Å². The Bertz CT molecular complexity index is 1430. The summed E-state index contributed by atoms with van der Waals surface area (Å²) >= 11 is 0. The van der Waals surface area contributed by atoms with Crippen LogP contribution in [0, 0.1) is 27.7 Å². The van der Waals surface area contributed by atoms with Gasteiger partial charge in [-0.1, -0.05) is 13.8 Å². The average molecular weight is 536 g/mol. The van der Waals surface area contributed by atoms with Crippen molar-refractivity contribution in [3.63, 3.8) is 0 Å². The number of aryl methyl sites for hydroxylation is 4. The highest BCUT2D eigenvalue weighted by atomic mass is 16.5. The number of carboxylic acid groups (broad SMARTS) is 2. The fourth-order valence-corrected chi connectivity index (χ4v) is 4.23. The molecule has 0 spiro atoms. The van der Waals surface area contributed by atoms with Crippen molar-refractivity contribution in [2.24, 2.45) is 0 Å². The SMILES string of the molecule is CC.COc1cc(C(=O)O)c(-n2c(C)ccc2C)cc1OC.Cc1ccc(C)n1-c1ccc(C(=O)O)c(N)c1. The molecule has 0 bridgehead atoms. The van der Waals surface area contributed by atoms with E-state index < -0.39 is 11.9 Å². The number of nitrogens with zero attached hydrogens (tertiary/aromatic N) is 2. The topological polar surface area (TPSA) is 129 Å². The fraction of sp³-hybridized carbons (Fsp3) is 0.267. The molecule has 208 valence electrons. The summed E-state index contributed by atoms with van der Waals surface area (Å²) in [6.07, 6.45) is 0. The number of benzene rings is 2. The molecule has 0 saturated heterocycles. The molecule has 39 heavy (non-hydrogen) atoms. The number of ether oxygens (including phenoxy) is 2. The Labute approximate surface area is 229 Å². The van der Waals surface area contributed by atoms with Gasteiger partial charge in [0.25, 0.3) is 0 Å². The molecule has 0 radical (unpaired) electrons. The zero-order chi connectivity index (χ0) is 29.4. The van der Waals surface area contributed by atoms with E-state index in [0.29, 0.717) is 17.2 Å². The van der Waals surface area contributed by atoms with Crippen molar-refractivity contribution < 1.29 is 29.3 Å². The molecule has 4 rings (SSSR count). The number of carboxylic acids is 2. The summed E-state index contributed by atoms with van der Waals surface area (Å²) in [5.41, 5.74) is 11.9. The zero-order valence-electron chi connectivity index (χ0n) is 23.7. The maximum absolute atomic E-state index is 11.5. The third kappa shape index (κ3) is 6.62. The van der Waals surface area contributed by atoms with E-state index in [0.717, 1.165) is 28.5 Å². The van der Waals surface area contributed by atoms with Gasteiger partial charge < -0.3 is 34.6 Å². The fourth-order valence-electron chi connectivity index (χ4n) is 4.23. The number of nitrogens with two attached hydrogens (primary N) is 1. The standard InChI is InChI=1S/C15H17NO4.C13H14N2O2.C2H6/c1-9-5-6-10(2)16(9)12-8-14(20-4)13(19-3)7-11(12)15(17)18;1-8-3-4-9(2)15(8)10-5-6-11(13(16)17)12(14)7-10;1-2/h5-8H,1-4H3,(H,17,18);3-7H,14H2,1-2H3,(H,16,17);1-2H3. The number of nitrogen functional groups attached to an aromatic ring is 1. The molecule has 2 aromatic carbocycles. The van der Waals surface area contributed by atoms with Gasteiger partial charge in [0.05, 0.1) is 31.0 Å². The van der Waals surface area contributed by atoms with Crippen LogP contribution in [-0.4, -0.2) is 45.5 Å². The Hall–Kier alpha value is -4.66. The second kappa shape index (κ2) is 13.2. The van der Waals surface area contributed by atoms with Crippen LogP contribution in [0.5, 0.6) is 11.5 Å². The number of rotatable bonds is 6. The van der Waals surface area contributed by atoms with Crippen molar-refractivity contribution in [2.75, 3.05) is 20.0 Å². The van der Waals surface area contributed by atoms with E-state index in [1.54, 1.807) is 18.2 Å². The highest BCUT2D eigenvalue weighted by molar-refractivity contribution is 5.94. The lowest BCUT2D eigenvalue weighted by Gasteiger charge is -2.16. The molecule has 0 aliphatic rings. The molecule has 4 N–H and O–H groups in total. The van der Waals surface area contributed by atoms with Crippen molar-refractivity contribution in [1.82, 2.24) is 9.13 Å². The maximum atomic E-state index is 11.5. The van der Waals surface area contributed by atoms with Crippen molar-refractivity contribution in [1.29, 1.82) is 0 Å². The van der Waals surface area contributed by atoms with E-state index in [-0.39, 0.29) is 16.8 Å². The maximum Gasteiger partial charge on any atom is 0.337 e. The molecule has 0 saturated carbocycles. The van der Waals surface area contributed by atoms with Crippen LogP contribution in [0.4, 0.5) is 5.69 Å². The summed E-state index contributed by atoms with van der Waals surface area (Å²) in [7, 11) is 3.01. The Morgan fingerprint density at radius 1 is 0.667 bits per heavy atom. The summed E-state index contributed by atoms with van der Waals surface area (Å²) in [4.78, 5) is 22.4. The first-order valence-electron chi connectivity index (χ1n) is 12.4. The van der Waals surface area contributed by atoms with Crippen LogP contribution in [0.1, 0.15) is 57.3 Å². The van der Waals surface area contributed by atoms with Crippen LogP contribution in [0.3, 0.4) is 0 Å². The minimum Gasteiger partial charge on any atom is -0.493 e. The average Bonchev–Trinajstić information content (AvgIpc) is 3.43. The van der Waals surface area contributed by atoms with Crippen LogP contribution in [0.2, 0.25) is 0 Å². The number of carbonyl (C=O) groups is 2. The van der Waals surface area contributed by atoms with Gasteiger partial charge in [-0.25, -0.2) is 9.59 Å². The highest BCUT2D eigenvalue weighted by Crippen LogP contribution is 2.33. The lowest BCUT2D eigenvalue weighted by Crippen LogP contribution is -2.09. The molecule has 0 amide bonds. The second-order valence-corrected chi connectivity index (χ2v) is 8.51. The molecular formula is C30H37N3O6. The van der Waals surface area contributed by atoms with Gasteiger partial charge in [0.2, 0.25) is 0 Å². The molecule has 0 aliphatic heterocycles. The minimum absolute atomic E-state index is 0.135. The van der Waals surface area contributed by atoms with Crippen molar-refractivity contribution >= 4 is 17.6 Å². The van der Waals surface area contributed by atoms with E-state index in [9.17, 15) is 14.7 Å². The molecule has 0 aliphatic carbocycles. The van der Waals surface area contributed by atoms with Gasteiger partial charge in [-0.3, -0.25) is 0 Å². The predicted molar refractivity (Wildman–Crippen MR) is 153 cm³/mol. The van der Waals surface area contributed by atoms with Crippen LogP contribution in [0.25, 0.3) is 11.4 Å². The summed E-state index contributed by atoms with van der Waals surface area (Å²) in [5, 5.41) is 18.3. The van der Waals surface area contributed by atoms with Gasteiger partial charge in [-0.2, -0.15) is 0 Å². The normalized spacial score (nSPS) is 10.1. The number of methoxy groups -OCH3 is 2. The van der Waals surface area contributed by atoms with Crippen molar-refractivity contribution in [3.05, 3.63) is 88.5 Å². The molecular weight excluding hydrogens is 498 g/mol. The Morgan fingerprint density at radius 3 is 1.51 bits per heavy atom. The van der Waals surface area contributed by atoms with Crippen LogP contribution in [-0.2, 0) is 0 Å². The first-order valence-corrected chi connectivity index (χ1v) is 12.4. The molecule has 0 fully saturated rings. The molecule has 0 unspecified atom stereocenters. The number of aromatic carboxylic acids is 2. The lowest BCUT2D eigenvalue weighted by molar-refractivity contribution is 0.0686. The first-order chi connectivity index (χ1) is 18.5. The monoisotopic (exact) mass is 535 g/mol. The number of anilines is 1. The summed E-state index contributed by atoms with van der Waals surface area (Å²) in [6, 6.07) is 16.1. The van der Waals surface area contributed by atoms with Gasteiger partial charge >= 0.3 is 11.9 Å². The van der Waals surface area contributed by atoms with Gasteiger partial charge in [0.15, 0.2) is 11.5 Å². The lowest BCUT2D eigenvalue weighted by atomic mass is 10.1. The van der Waals surface area contributed by atoms with Crippen molar-refractivity contribution in [2.45, 2.75) is 41.5 Å². The van der Waals surface area contributed by atoms with E-state index in [4.69, 9.17) is 20.3 Å². The van der Waals surface area contributed by atoms with Gasteiger partial charge in [-0.15, -0.1) is 0 Å². The quantitative estimate of drug-likeness (QED) is 0.250. The van der Waals surface area contributed by atoms with Crippen LogP contribution < -0.4 is 15.2 Å². The largest absolute Gasteiger partial charge is 0.493 e. The van der Waals surface area contributed by atoms with Gasteiger partial charge in [0, 0.05) is 46.3 Å². The number of hydrogen-bond acceptors (Lipinski definition) is 5. The zero-order valence-corrected chi connectivity index (χ0v) is 23.7. The third-order valence-corrected chi connectivity index (χ3v) is 6.04. The third-order valence-electron chi connectivity index (χ3n) is 6.04. The minimum atomic E-state index is -1.01. The first kappa shape index (κ1) is 30.6. The molecule has 9 nitrogen and oxygen atoms in total. The molecule has 2 aromatic heterocycles. The second-order valence-electron chi connectivity index (χ2n) is 8.51. The Kier molecular flexibility index (Phi) is 10.4. The predicted octanol–water partition coefficient (Wildman–Crippen LogP) is 6.21. The Morgan fingerprint density at radius 2 is 1.10 bits per heavy atom. The summed E-state index contributed by atoms with van der Waals surface area (Å²) in [6.45, 7) is 11.8. The van der Waals surface area contributed by atoms with Gasteiger partial charge in [-0.05, 0) is 70.2 Å². The van der Waals surface area contributed by atoms with Crippen LogP contribution >= 0.6 is 0 Å². The Balaban J connectivity index is 0.000000260. The summed E-state index contributed by atoms with van der Waals surface area (Å²) < 4.78 is 14.3. The van der Waals surface area contributed by atoms with E-state index in [1.165, 1.54) is 26.4 Å². The van der Waals surface area contributed by atoms with E-state index in [2.05, 4.69) is 0 Å². The number of aromatic nitrogens is 2. The smallest absolute Gasteiger partial charge is 0.337 e. The molecule has 0 atom stereocenters. The molecule has 9 heteroatoms. The van der Waals surface area contributed by atoms with Gasteiger partial charge in [0.1, 0.15) is 0 Å². The summed E-state index contributed by atoms with van der Waals surface area (Å²) in [5.74, 6) is -1.11.